The van der Waals surface area contributed by atoms with Gasteiger partial charge in [0.15, 0.2) is 0 Å². The zero-order chi connectivity index (χ0) is 12.0. The highest BCUT2D eigenvalue weighted by Gasteiger charge is 2.21. The number of nitrogens with one attached hydrogen (secondary N) is 1. The Kier molecular flexibility index (Phi) is 5.59. The third-order valence-electron chi connectivity index (χ3n) is 1.99. The number of nitrogens with two attached hydrogens (primary N) is 1. The molecular weight excluding hydrogens is 196 g/mol. The number of carbonyl (C=O) groups is 3. The van der Waals surface area contributed by atoms with E-state index in [1.807, 2.05) is 0 Å². The number of Topliss-reactive ketones (excluding diaryl/α,β-unsaturated/α-hetero) is 1. The maximum Gasteiger partial charge on any atom is 0.240 e. The van der Waals surface area contributed by atoms with Crippen LogP contribution in [-0.4, -0.2) is 23.6 Å². The van der Waals surface area contributed by atoms with Crippen molar-refractivity contribution >= 4 is 17.6 Å². The fourth-order valence-corrected chi connectivity index (χ4v) is 1.10. The van der Waals surface area contributed by atoms with Crippen molar-refractivity contribution < 1.29 is 14.4 Å². The van der Waals surface area contributed by atoms with Gasteiger partial charge < -0.3 is 15.8 Å². The first-order valence-corrected chi connectivity index (χ1v) is 4.92. The molecule has 0 spiro atoms. The van der Waals surface area contributed by atoms with E-state index in [1.54, 1.807) is 13.8 Å². The van der Waals surface area contributed by atoms with Crippen LogP contribution in [0.5, 0.6) is 0 Å². The second kappa shape index (κ2) is 6.16. The lowest BCUT2D eigenvalue weighted by Crippen LogP contribution is -2.47. The first-order chi connectivity index (χ1) is 6.84. The van der Waals surface area contributed by atoms with E-state index in [2.05, 4.69) is 5.32 Å². The third kappa shape index (κ3) is 5.83. The summed E-state index contributed by atoms with van der Waals surface area (Å²) in [6.07, 6.45) is 0.293. The fraction of sp³-hybridized carbons (Fsp3) is 0.700. The highest BCUT2D eigenvalue weighted by atomic mass is 16.2. The number of ketones is 1. The van der Waals surface area contributed by atoms with Gasteiger partial charge in [-0.3, -0.25) is 9.59 Å². The molecule has 0 aliphatic heterocycles. The average Bonchev–Trinajstić information content (AvgIpc) is 2.09. The molecule has 0 aromatic heterocycles. The number of amides is 2. The predicted molar refractivity (Wildman–Crippen MR) is 55.9 cm³/mol. The normalized spacial score (nSPS) is 12.3. The summed E-state index contributed by atoms with van der Waals surface area (Å²) < 4.78 is 0. The topological polar surface area (TPSA) is 89.3 Å². The van der Waals surface area contributed by atoms with Crippen molar-refractivity contribution in [2.75, 3.05) is 0 Å². The Morgan fingerprint density at radius 2 is 1.73 bits per heavy atom. The number of hydrogen-bond donors (Lipinski definition) is 2. The van der Waals surface area contributed by atoms with E-state index in [9.17, 15) is 14.4 Å². The van der Waals surface area contributed by atoms with Gasteiger partial charge >= 0.3 is 0 Å². The van der Waals surface area contributed by atoms with Gasteiger partial charge in [0.2, 0.25) is 11.8 Å². The van der Waals surface area contributed by atoms with E-state index in [1.165, 1.54) is 6.92 Å². The quantitative estimate of drug-likeness (QED) is 0.651. The van der Waals surface area contributed by atoms with Crippen LogP contribution in [-0.2, 0) is 14.4 Å². The van der Waals surface area contributed by atoms with Crippen molar-refractivity contribution in [3.63, 3.8) is 0 Å². The Morgan fingerprint density at radius 1 is 1.20 bits per heavy atom. The molecule has 0 saturated carbocycles. The lowest BCUT2D eigenvalue weighted by atomic mass is 10.0. The SMILES string of the molecule is CC(=O)CCC(=O)N[C@H](C(N)=O)C(C)C. The van der Waals surface area contributed by atoms with Gasteiger partial charge in [0, 0.05) is 12.8 Å². The van der Waals surface area contributed by atoms with Crippen molar-refractivity contribution in [3.05, 3.63) is 0 Å². The molecule has 3 N–H and O–H groups in total. The second-order valence-electron chi connectivity index (χ2n) is 3.89. The standard InChI is InChI=1S/C10H18N2O3/c1-6(2)9(10(11)15)12-8(14)5-4-7(3)13/h6,9H,4-5H2,1-3H3,(H2,11,15)(H,12,14)/t9-/m0/s1. The van der Waals surface area contributed by atoms with Crippen LogP contribution in [0.15, 0.2) is 0 Å². The minimum atomic E-state index is -0.663. The number of rotatable bonds is 6. The van der Waals surface area contributed by atoms with Crippen LogP contribution >= 0.6 is 0 Å². The molecule has 15 heavy (non-hydrogen) atoms. The predicted octanol–water partition coefficient (Wildman–Crippen LogP) is -0.0183. The minimum Gasteiger partial charge on any atom is -0.368 e. The maximum atomic E-state index is 11.3. The average molecular weight is 214 g/mol. The Hall–Kier alpha value is -1.39. The second-order valence-corrected chi connectivity index (χ2v) is 3.89. The summed E-state index contributed by atoms with van der Waals surface area (Å²) >= 11 is 0. The molecule has 0 fully saturated rings. The van der Waals surface area contributed by atoms with E-state index >= 15 is 0 Å². The van der Waals surface area contributed by atoms with Crippen LogP contribution in [0, 0.1) is 5.92 Å². The van der Waals surface area contributed by atoms with Gasteiger partial charge in [-0.15, -0.1) is 0 Å². The molecule has 0 aromatic rings. The molecule has 1 atom stereocenters. The summed E-state index contributed by atoms with van der Waals surface area (Å²) in [6, 6.07) is -0.663. The third-order valence-corrected chi connectivity index (χ3v) is 1.99. The molecule has 0 saturated heterocycles. The smallest absolute Gasteiger partial charge is 0.240 e. The van der Waals surface area contributed by atoms with E-state index in [0.717, 1.165) is 0 Å². The largest absolute Gasteiger partial charge is 0.368 e. The molecule has 0 bridgehead atoms. The first kappa shape index (κ1) is 13.6. The number of primary amides is 1. The number of carbonyl (C=O) groups excluding carboxylic acids is 3. The molecule has 0 radical (unpaired) electrons. The Morgan fingerprint density at radius 3 is 2.07 bits per heavy atom. The monoisotopic (exact) mass is 214 g/mol. The van der Waals surface area contributed by atoms with Gasteiger partial charge in [0.05, 0.1) is 0 Å². The highest BCUT2D eigenvalue weighted by Crippen LogP contribution is 2.01. The zero-order valence-corrected chi connectivity index (χ0v) is 9.37. The maximum absolute atomic E-state index is 11.3. The number of hydrogen-bond acceptors (Lipinski definition) is 3. The van der Waals surface area contributed by atoms with Crippen LogP contribution < -0.4 is 11.1 Å². The summed E-state index contributed by atoms with van der Waals surface area (Å²) in [5.74, 6) is -0.974. The lowest BCUT2D eigenvalue weighted by molar-refractivity contribution is -0.129. The summed E-state index contributed by atoms with van der Waals surface area (Å²) in [7, 11) is 0. The Bertz CT molecular complexity index is 261. The molecule has 5 nitrogen and oxygen atoms in total. The summed E-state index contributed by atoms with van der Waals surface area (Å²) in [6.45, 7) is 5.00. The molecule has 5 heteroatoms. The van der Waals surface area contributed by atoms with E-state index in [4.69, 9.17) is 5.73 Å². The molecule has 0 aromatic carbocycles. The summed E-state index contributed by atoms with van der Waals surface area (Å²) in [5, 5.41) is 2.51. The molecular formula is C10H18N2O3. The minimum absolute atomic E-state index is 0.0506. The molecule has 0 aliphatic carbocycles. The van der Waals surface area contributed by atoms with Crippen molar-refractivity contribution in [2.24, 2.45) is 11.7 Å². The summed E-state index contributed by atoms with van der Waals surface area (Å²) in [5.41, 5.74) is 5.12. The summed E-state index contributed by atoms with van der Waals surface area (Å²) in [4.78, 5) is 32.9. The van der Waals surface area contributed by atoms with Gasteiger partial charge in [-0.2, -0.15) is 0 Å². The van der Waals surface area contributed by atoms with Crippen LogP contribution in [0.2, 0.25) is 0 Å². The van der Waals surface area contributed by atoms with Gasteiger partial charge in [0.1, 0.15) is 11.8 Å². The lowest BCUT2D eigenvalue weighted by Gasteiger charge is -2.18. The van der Waals surface area contributed by atoms with Crippen LogP contribution in [0.1, 0.15) is 33.6 Å². The van der Waals surface area contributed by atoms with E-state index < -0.39 is 11.9 Å². The van der Waals surface area contributed by atoms with Crippen LogP contribution in [0.3, 0.4) is 0 Å². The highest BCUT2D eigenvalue weighted by molar-refractivity contribution is 5.88. The van der Waals surface area contributed by atoms with Crippen molar-refractivity contribution in [1.82, 2.24) is 5.32 Å². The molecule has 2 amide bonds. The Labute approximate surface area is 89.4 Å². The molecule has 0 unspecified atom stereocenters. The molecule has 86 valence electrons. The fourth-order valence-electron chi connectivity index (χ4n) is 1.10. The van der Waals surface area contributed by atoms with Crippen LogP contribution in [0.25, 0.3) is 0 Å². The van der Waals surface area contributed by atoms with Crippen LogP contribution in [0.4, 0.5) is 0 Å². The Balaban J connectivity index is 4.12. The van der Waals surface area contributed by atoms with Gasteiger partial charge in [-0.1, -0.05) is 13.8 Å². The van der Waals surface area contributed by atoms with Crippen molar-refractivity contribution in [3.8, 4) is 0 Å². The van der Waals surface area contributed by atoms with Gasteiger partial charge in [0.25, 0.3) is 0 Å². The van der Waals surface area contributed by atoms with E-state index in [0.29, 0.717) is 0 Å². The van der Waals surface area contributed by atoms with Gasteiger partial charge in [-0.25, -0.2) is 0 Å². The van der Waals surface area contributed by atoms with Crippen molar-refractivity contribution in [2.45, 2.75) is 39.7 Å². The molecule has 0 heterocycles. The molecule has 0 aliphatic rings. The van der Waals surface area contributed by atoms with Crippen molar-refractivity contribution in [1.29, 1.82) is 0 Å². The molecule has 0 rings (SSSR count). The van der Waals surface area contributed by atoms with E-state index in [-0.39, 0.29) is 30.4 Å². The zero-order valence-electron chi connectivity index (χ0n) is 9.37. The first-order valence-electron chi connectivity index (χ1n) is 4.92. The van der Waals surface area contributed by atoms with Gasteiger partial charge in [-0.05, 0) is 12.8 Å².